The molecule has 0 spiro atoms. The van der Waals surface area contributed by atoms with Gasteiger partial charge in [0.15, 0.2) is 0 Å². The molecule has 21 heavy (non-hydrogen) atoms. The van der Waals surface area contributed by atoms with Gasteiger partial charge in [0.2, 0.25) is 5.95 Å². The number of rotatable bonds is 5. The van der Waals surface area contributed by atoms with Crippen molar-refractivity contribution in [1.82, 2.24) is 14.5 Å². The molecule has 2 heterocycles. The molecule has 1 aromatic rings. The first-order valence-corrected chi connectivity index (χ1v) is 8.78. The van der Waals surface area contributed by atoms with Crippen LogP contribution in [0.1, 0.15) is 57.4 Å². The van der Waals surface area contributed by atoms with Gasteiger partial charge in [-0.3, -0.25) is 0 Å². The molecule has 118 valence electrons. The highest BCUT2D eigenvalue weighted by Gasteiger charge is 2.19. The number of piperidine rings is 1. The first-order valence-electron chi connectivity index (χ1n) is 8.78. The third-order valence-electron chi connectivity index (χ3n) is 5.31. The lowest BCUT2D eigenvalue weighted by Crippen LogP contribution is -2.31. The van der Waals surface area contributed by atoms with Crippen LogP contribution in [0.2, 0.25) is 0 Å². The average molecular weight is 290 g/mol. The van der Waals surface area contributed by atoms with Gasteiger partial charge in [-0.25, -0.2) is 4.98 Å². The molecule has 0 radical (unpaired) electrons. The Kier molecular flexibility index (Phi) is 5.17. The van der Waals surface area contributed by atoms with Crippen molar-refractivity contribution in [3.8, 4) is 0 Å². The van der Waals surface area contributed by atoms with E-state index in [2.05, 4.69) is 33.0 Å². The van der Waals surface area contributed by atoms with Crippen molar-refractivity contribution < 1.29 is 0 Å². The van der Waals surface area contributed by atoms with Crippen LogP contribution in [-0.4, -0.2) is 41.1 Å². The van der Waals surface area contributed by atoms with E-state index in [9.17, 15) is 0 Å². The maximum absolute atomic E-state index is 4.53. The van der Waals surface area contributed by atoms with Crippen molar-refractivity contribution in [2.24, 2.45) is 5.92 Å². The van der Waals surface area contributed by atoms with Gasteiger partial charge in [0.05, 0.1) is 0 Å². The van der Waals surface area contributed by atoms with Gasteiger partial charge in [0.25, 0.3) is 0 Å². The standard InChI is InChI=1S/C17H30N4/c1-20-12-8-15(9-13-20)7-10-18-17-19-11-14-21(17)16-5-3-2-4-6-16/h11,14-16H,2-10,12-13H2,1H3,(H,18,19). The molecule has 1 aliphatic carbocycles. The fraction of sp³-hybridized carbons (Fsp3) is 0.824. The summed E-state index contributed by atoms with van der Waals surface area (Å²) in [5, 5.41) is 3.59. The van der Waals surface area contributed by atoms with E-state index in [1.165, 1.54) is 64.5 Å². The Balaban J connectivity index is 1.46. The maximum Gasteiger partial charge on any atom is 0.203 e. The summed E-state index contributed by atoms with van der Waals surface area (Å²) in [7, 11) is 2.23. The quantitative estimate of drug-likeness (QED) is 0.900. The smallest absolute Gasteiger partial charge is 0.203 e. The minimum Gasteiger partial charge on any atom is -0.356 e. The van der Waals surface area contributed by atoms with E-state index in [0.717, 1.165) is 18.4 Å². The van der Waals surface area contributed by atoms with Crippen molar-refractivity contribution in [2.45, 2.75) is 57.4 Å². The predicted molar refractivity (Wildman–Crippen MR) is 87.7 cm³/mol. The molecule has 2 aliphatic rings. The zero-order chi connectivity index (χ0) is 14.5. The van der Waals surface area contributed by atoms with E-state index in [1.54, 1.807) is 0 Å². The van der Waals surface area contributed by atoms with Crippen LogP contribution >= 0.6 is 0 Å². The normalized spacial score (nSPS) is 22.5. The van der Waals surface area contributed by atoms with Crippen molar-refractivity contribution >= 4 is 5.95 Å². The number of hydrogen-bond donors (Lipinski definition) is 1. The molecule has 0 aromatic carbocycles. The third kappa shape index (κ3) is 4.00. The predicted octanol–water partition coefficient (Wildman–Crippen LogP) is 3.53. The molecule has 1 saturated heterocycles. The fourth-order valence-corrected chi connectivity index (χ4v) is 3.84. The van der Waals surface area contributed by atoms with E-state index in [4.69, 9.17) is 0 Å². The third-order valence-corrected chi connectivity index (χ3v) is 5.31. The summed E-state index contributed by atoms with van der Waals surface area (Å²) in [6.45, 7) is 3.60. The van der Waals surface area contributed by atoms with Gasteiger partial charge in [-0.2, -0.15) is 0 Å². The number of likely N-dealkylation sites (tertiary alicyclic amines) is 1. The zero-order valence-corrected chi connectivity index (χ0v) is 13.4. The highest BCUT2D eigenvalue weighted by atomic mass is 15.2. The lowest BCUT2D eigenvalue weighted by molar-refractivity contribution is 0.215. The van der Waals surface area contributed by atoms with Gasteiger partial charge < -0.3 is 14.8 Å². The van der Waals surface area contributed by atoms with Crippen LogP contribution < -0.4 is 5.32 Å². The van der Waals surface area contributed by atoms with Gasteiger partial charge in [-0.15, -0.1) is 0 Å². The second kappa shape index (κ2) is 7.30. The lowest BCUT2D eigenvalue weighted by Gasteiger charge is -2.29. The number of aromatic nitrogens is 2. The number of anilines is 1. The Labute approximate surface area is 128 Å². The molecule has 0 atom stereocenters. The van der Waals surface area contributed by atoms with Gasteiger partial charge in [-0.1, -0.05) is 19.3 Å². The Bertz CT molecular complexity index is 414. The van der Waals surface area contributed by atoms with E-state index in [-0.39, 0.29) is 0 Å². The molecule has 4 nitrogen and oxygen atoms in total. The largest absolute Gasteiger partial charge is 0.356 e. The van der Waals surface area contributed by atoms with Crippen molar-refractivity contribution in [1.29, 1.82) is 0 Å². The van der Waals surface area contributed by atoms with Crippen molar-refractivity contribution in [3.05, 3.63) is 12.4 Å². The van der Waals surface area contributed by atoms with E-state index in [0.29, 0.717) is 6.04 Å². The first-order chi connectivity index (χ1) is 10.3. The second-order valence-electron chi connectivity index (χ2n) is 6.91. The van der Waals surface area contributed by atoms with Gasteiger partial charge in [-0.05, 0) is 58.2 Å². The van der Waals surface area contributed by atoms with Crippen molar-refractivity contribution in [2.75, 3.05) is 32.0 Å². The summed E-state index contributed by atoms with van der Waals surface area (Å²) in [5.41, 5.74) is 0. The van der Waals surface area contributed by atoms with Gasteiger partial charge >= 0.3 is 0 Å². The van der Waals surface area contributed by atoms with Crippen LogP contribution in [0.5, 0.6) is 0 Å². The Hall–Kier alpha value is -1.03. The van der Waals surface area contributed by atoms with Crippen LogP contribution in [0.15, 0.2) is 12.4 Å². The second-order valence-corrected chi connectivity index (χ2v) is 6.91. The molecule has 1 aromatic heterocycles. The minimum atomic E-state index is 0.673. The number of nitrogens with zero attached hydrogens (tertiary/aromatic N) is 3. The van der Waals surface area contributed by atoms with E-state index in [1.807, 2.05) is 6.20 Å². The topological polar surface area (TPSA) is 33.1 Å². The van der Waals surface area contributed by atoms with E-state index < -0.39 is 0 Å². The summed E-state index contributed by atoms with van der Waals surface area (Å²) in [5.74, 6) is 1.99. The molecule has 3 rings (SSSR count). The Morgan fingerprint density at radius 2 is 1.90 bits per heavy atom. The Morgan fingerprint density at radius 3 is 2.67 bits per heavy atom. The van der Waals surface area contributed by atoms with Gasteiger partial charge in [0, 0.05) is 25.0 Å². The lowest BCUT2D eigenvalue weighted by atomic mass is 9.94. The molecule has 1 N–H and O–H groups in total. The number of imidazole rings is 1. The molecule has 0 bridgehead atoms. The fourth-order valence-electron chi connectivity index (χ4n) is 3.84. The number of hydrogen-bond acceptors (Lipinski definition) is 3. The van der Waals surface area contributed by atoms with Crippen LogP contribution in [0.3, 0.4) is 0 Å². The van der Waals surface area contributed by atoms with Crippen LogP contribution in [0.4, 0.5) is 5.95 Å². The minimum absolute atomic E-state index is 0.673. The molecular formula is C17H30N4. The van der Waals surface area contributed by atoms with Crippen molar-refractivity contribution in [3.63, 3.8) is 0 Å². The summed E-state index contributed by atoms with van der Waals surface area (Å²) in [6.07, 6.45) is 14.9. The summed E-state index contributed by atoms with van der Waals surface area (Å²) in [4.78, 5) is 6.97. The molecule has 0 amide bonds. The molecule has 2 fully saturated rings. The van der Waals surface area contributed by atoms with Gasteiger partial charge in [0.1, 0.15) is 0 Å². The SMILES string of the molecule is CN1CCC(CCNc2nccn2C2CCCCC2)CC1. The monoisotopic (exact) mass is 290 g/mol. The maximum atomic E-state index is 4.53. The summed E-state index contributed by atoms with van der Waals surface area (Å²) < 4.78 is 2.38. The van der Waals surface area contributed by atoms with Crippen LogP contribution in [0, 0.1) is 5.92 Å². The van der Waals surface area contributed by atoms with E-state index >= 15 is 0 Å². The molecular weight excluding hydrogens is 260 g/mol. The highest BCUT2D eigenvalue weighted by Crippen LogP contribution is 2.30. The molecule has 4 heteroatoms. The average Bonchev–Trinajstić information content (AvgIpc) is 2.99. The highest BCUT2D eigenvalue weighted by molar-refractivity contribution is 5.26. The summed E-state index contributed by atoms with van der Waals surface area (Å²) in [6, 6.07) is 0.673. The van der Waals surface area contributed by atoms with Crippen LogP contribution in [-0.2, 0) is 0 Å². The molecule has 1 saturated carbocycles. The number of nitrogens with one attached hydrogen (secondary N) is 1. The van der Waals surface area contributed by atoms with Crippen LogP contribution in [0.25, 0.3) is 0 Å². The first kappa shape index (κ1) is 14.9. The molecule has 1 aliphatic heterocycles. The summed E-state index contributed by atoms with van der Waals surface area (Å²) >= 11 is 0. The Morgan fingerprint density at radius 1 is 1.14 bits per heavy atom. The molecule has 0 unspecified atom stereocenters. The zero-order valence-electron chi connectivity index (χ0n) is 13.4.